The van der Waals surface area contributed by atoms with Crippen LogP contribution in [0, 0.1) is 6.92 Å². The molecule has 0 aliphatic heterocycles. The topological polar surface area (TPSA) is 211 Å². The number of nitrogens with two attached hydrogens (primary N) is 1. The van der Waals surface area contributed by atoms with E-state index in [-0.39, 0.29) is 29.7 Å². The number of nitrogens with zero attached hydrogens (tertiary/aromatic N) is 12. The third kappa shape index (κ3) is 2.54. The van der Waals surface area contributed by atoms with Crippen LogP contribution in [0.4, 0.5) is 23.8 Å². The normalized spacial score (nSPS) is 10.2. The van der Waals surface area contributed by atoms with Crippen LogP contribution in [-0.4, -0.2) is 50.3 Å². The molecule has 0 radical (unpaired) electrons. The summed E-state index contributed by atoms with van der Waals surface area (Å²) in [5.41, 5.74) is 13.9. The maximum Gasteiger partial charge on any atom is 0.292 e. The molecule has 0 aliphatic carbocycles. The van der Waals surface area contributed by atoms with Crippen molar-refractivity contribution in [3.63, 3.8) is 0 Å². The Bertz CT molecular complexity index is 835. The second-order valence-corrected chi connectivity index (χ2v) is 3.75. The third-order valence-electron chi connectivity index (χ3n) is 2.23. The Labute approximate surface area is 120 Å². The van der Waals surface area contributed by atoms with Crippen LogP contribution in [-0.2, 0) is 0 Å². The maximum atomic E-state index is 8.26. The quantitative estimate of drug-likeness (QED) is 0.320. The van der Waals surface area contributed by atoms with E-state index in [0.29, 0.717) is 5.82 Å². The van der Waals surface area contributed by atoms with Crippen molar-refractivity contribution in [2.45, 2.75) is 6.92 Å². The van der Waals surface area contributed by atoms with Crippen LogP contribution < -0.4 is 11.1 Å². The standard InChI is InChI=1S/C7H7N15/c1-2-10-3(8)22(20-2)7-18-15-5(16-19-7)11-4-12-6(14-13-4)17-21-9/h1H3,(H2,8,10,20)(H2,11,12,13,14,15,16). The molecule has 0 spiro atoms. The Morgan fingerprint density at radius 2 is 2.05 bits per heavy atom. The van der Waals surface area contributed by atoms with Gasteiger partial charge in [0.25, 0.3) is 11.9 Å². The molecule has 3 aromatic rings. The monoisotopic (exact) mass is 301 g/mol. The summed E-state index contributed by atoms with van der Waals surface area (Å²) in [6, 6.07) is 0. The van der Waals surface area contributed by atoms with E-state index in [4.69, 9.17) is 11.3 Å². The molecule has 3 heterocycles. The lowest BCUT2D eigenvalue weighted by atomic mass is 10.8. The van der Waals surface area contributed by atoms with Crippen LogP contribution in [0.2, 0.25) is 0 Å². The maximum absolute atomic E-state index is 8.26. The van der Waals surface area contributed by atoms with Crippen molar-refractivity contribution >= 4 is 23.8 Å². The molecule has 0 fully saturated rings. The number of azide groups is 1. The molecule has 110 valence electrons. The lowest BCUT2D eigenvalue weighted by molar-refractivity contribution is 0.733. The molecule has 15 nitrogen and oxygen atoms in total. The summed E-state index contributed by atoms with van der Waals surface area (Å²) in [5, 5.41) is 31.2. The highest BCUT2D eigenvalue weighted by Crippen LogP contribution is 2.10. The summed E-state index contributed by atoms with van der Waals surface area (Å²) in [6.45, 7) is 1.68. The van der Waals surface area contributed by atoms with Gasteiger partial charge in [-0.05, 0) is 17.6 Å². The minimum Gasteiger partial charge on any atom is -0.368 e. The number of aromatic amines is 1. The largest absolute Gasteiger partial charge is 0.368 e. The van der Waals surface area contributed by atoms with Crippen molar-refractivity contribution in [2.24, 2.45) is 5.11 Å². The van der Waals surface area contributed by atoms with E-state index in [2.05, 4.69) is 61.0 Å². The first-order chi connectivity index (χ1) is 10.7. The molecule has 4 N–H and O–H groups in total. The third-order valence-corrected chi connectivity index (χ3v) is 2.23. The number of rotatable bonds is 4. The lowest BCUT2D eigenvalue weighted by Crippen LogP contribution is -2.11. The summed E-state index contributed by atoms with van der Waals surface area (Å²) in [6.07, 6.45) is 0. The van der Waals surface area contributed by atoms with E-state index in [1.54, 1.807) is 6.92 Å². The van der Waals surface area contributed by atoms with Gasteiger partial charge in [-0.1, -0.05) is 0 Å². The van der Waals surface area contributed by atoms with E-state index < -0.39 is 0 Å². The molecular weight excluding hydrogens is 294 g/mol. The van der Waals surface area contributed by atoms with E-state index in [1.165, 1.54) is 4.68 Å². The van der Waals surface area contributed by atoms with Gasteiger partial charge >= 0.3 is 0 Å². The van der Waals surface area contributed by atoms with Crippen molar-refractivity contribution in [1.29, 1.82) is 0 Å². The molecule has 15 heteroatoms. The predicted octanol–water partition coefficient (Wildman–Crippen LogP) is -0.459. The van der Waals surface area contributed by atoms with Gasteiger partial charge in [-0.15, -0.1) is 25.5 Å². The molecule has 0 amide bonds. The summed E-state index contributed by atoms with van der Waals surface area (Å²) in [7, 11) is 0. The van der Waals surface area contributed by atoms with Gasteiger partial charge in [-0.25, -0.2) is 5.10 Å². The van der Waals surface area contributed by atoms with Gasteiger partial charge in [0.15, 0.2) is 0 Å². The lowest BCUT2D eigenvalue weighted by Gasteiger charge is -2.00. The van der Waals surface area contributed by atoms with Gasteiger partial charge < -0.3 is 5.73 Å². The van der Waals surface area contributed by atoms with Gasteiger partial charge in [0.1, 0.15) is 5.82 Å². The smallest absolute Gasteiger partial charge is 0.292 e. The van der Waals surface area contributed by atoms with Gasteiger partial charge in [-0.3, -0.25) is 5.32 Å². The Hall–Kier alpha value is -3.87. The number of nitrogens with one attached hydrogen (secondary N) is 2. The molecule has 0 bridgehead atoms. The van der Waals surface area contributed by atoms with Crippen LogP contribution in [0.15, 0.2) is 5.11 Å². The molecule has 3 aromatic heterocycles. The molecule has 0 saturated carbocycles. The van der Waals surface area contributed by atoms with Crippen molar-refractivity contribution < 1.29 is 0 Å². The fourth-order valence-electron chi connectivity index (χ4n) is 1.44. The van der Waals surface area contributed by atoms with Crippen LogP contribution >= 0.6 is 0 Å². The Morgan fingerprint density at radius 3 is 2.68 bits per heavy atom. The number of nitrogen functional groups attached to an aromatic ring is 1. The molecule has 3 rings (SSSR count). The molecule has 0 saturated heterocycles. The highest BCUT2D eigenvalue weighted by atomic mass is 15.5. The molecule has 22 heavy (non-hydrogen) atoms. The van der Waals surface area contributed by atoms with Crippen LogP contribution in [0.3, 0.4) is 0 Å². The van der Waals surface area contributed by atoms with Gasteiger partial charge in [0, 0.05) is 4.91 Å². The fraction of sp³-hybridized carbons (Fsp3) is 0.143. The van der Waals surface area contributed by atoms with Crippen LogP contribution in [0.1, 0.15) is 5.82 Å². The molecule has 0 unspecified atom stereocenters. The van der Waals surface area contributed by atoms with Crippen LogP contribution in [0.25, 0.3) is 16.4 Å². The van der Waals surface area contributed by atoms with E-state index in [9.17, 15) is 0 Å². The van der Waals surface area contributed by atoms with E-state index >= 15 is 0 Å². The fourth-order valence-corrected chi connectivity index (χ4v) is 1.44. The number of anilines is 3. The predicted molar refractivity (Wildman–Crippen MR) is 70.2 cm³/mol. The number of aromatic nitrogens is 10. The highest BCUT2D eigenvalue weighted by molar-refractivity contribution is 5.42. The van der Waals surface area contributed by atoms with Gasteiger partial charge in [0.05, 0.1) is 0 Å². The molecule has 0 atom stereocenters. The second-order valence-electron chi connectivity index (χ2n) is 3.75. The van der Waals surface area contributed by atoms with E-state index in [0.717, 1.165) is 0 Å². The van der Waals surface area contributed by atoms with E-state index in [1.807, 2.05) is 0 Å². The van der Waals surface area contributed by atoms with Gasteiger partial charge in [0.2, 0.25) is 17.8 Å². The first kappa shape index (κ1) is 13.1. The van der Waals surface area contributed by atoms with Crippen molar-refractivity contribution in [3.05, 3.63) is 16.3 Å². The minimum absolute atomic E-state index is 0.0443. The molecule has 0 aliphatic rings. The Morgan fingerprint density at radius 1 is 1.27 bits per heavy atom. The van der Waals surface area contributed by atoms with Crippen molar-refractivity contribution in [1.82, 2.24) is 50.3 Å². The summed E-state index contributed by atoms with van der Waals surface area (Å²) in [5.74, 6) is 0.786. The molecule has 0 aromatic carbocycles. The van der Waals surface area contributed by atoms with Crippen molar-refractivity contribution in [3.8, 4) is 5.95 Å². The number of hydrogen-bond acceptors (Lipinski definition) is 11. The second kappa shape index (κ2) is 5.25. The summed E-state index contributed by atoms with van der Waals surface area (Å²) in [4.78, 5) is 10.3. The first-order valence-corrected chi connectivity index (χ1v) is 5.67. The highest BCUT2D eigenvalue weighted by Gasteiger charge is 2.11. The summed E-state index contributed by atoms with van der Waals surface area (Å²) >= 11 is 0. The zero-order valence-electron chi connectivity index (χ0n) is 10.9. The SMILES string of the molecule is Cc1nc(N)n(-c2nnc(Nc3nc(N=[N+]=[N-])n[nH]3)nn2)n1. The number of H-pyrrole nitrogens is 1. The average molecular weight is 301 g/mol. The number of aryl methyl sites for hydroxylation is 1. The summed E-state index contributed by atoms with van der Waals surface area (Å²) < 4.78 is 1.20. The first-order valence-electron chi connectivity index (χ1n) is 5.67. The van der Waals surface area contributed by atoms with Gasteiger partial charge in [-0.2, -0.15) is 19.7 Å². The zero-order valence-corrected chi connectivity index (χ0v) is 10.9. The Balaban J connectivity index is 1.79. The van der Waals surface area contributed by atoms with Crippen LogP contribution in [0.5, 0.6) is 0 Å². The molecular formula is C7H7N15. The minimum atomic E-state index is -0.0756. The zero-order chi connectivity index (χ0) is 15.5. The van der Waals surface area contributed by atoms with Crippen molar-refractivity contribution in [2.75, 3.05) is 11.1 Å². The average Bonchev–Trinajstić information content (AvgIpc) is 3.07. The number of hydrogen-bond donors (Lipinski definition) is 3. The Kier molecular flexibility index (Phi) is 3.13.